The van der Waals surface area contributed by atoms with Gasteiger partial charge in [0.15, 0.2) is 0 Å². The zero-order chi connectivity index (χ0) is 11.1. The Balaban J connectivity index is 2.30. The number of hydrogen-bond acceptors (Lipinski definition) is 3. The Morgan fingerprint density at radius 1 is 1.53 bits per heavy atom. The summed E-state index contributed by atoms with van der Waals surface area (Å²) in [5.41, 5.74) is 0. The molecule has 82 valence electrons. The van der Waals surface area contributed by atoms with E-state index >= 15 is 0 Å². The van der Waals surface area contributed by atoms with E-state index in [0.29, 0.717) is 11.4 Å². The molecule has 4 heteroatoms. The molecule has 0 unspecified atom stereocenters. The predicted molar refractivity (Wildman–Crippen MR) is 56.8 cm³/mol. The molecule has 1 aliphatic heterocycles. The zero-order valence-electron chi connectivity index (χ0n) is 8.86. The maximum absolute atomic E-state index is 11.9. The Morgan fingerprint density at radius 3 is 2.67 bits per heavy atom. The van der Waals surface area contributed by atoms with Gasteiger partial charge < -0.3 is 0 Å². The summed E-state index contributed by atoms with van der Waals surface area (Å²) in [4.78, 5) is 24.1. The summed E-state index contributed by atoms with van der Waals surface area (Å²) in [6, 6.07) is 0. The number of fused-ring (bicyclic) bond motifs is 2. The van der Waals surface area contributed by atoms with E-state index < -0.39 is 4.31 Å². The number of Topliss-reactive ketones (excluding diaryl/α,β-unsaturated/α-hetero) is 1. The van der Waals surface area contributed by atoms with Crippen LogP contribution in [0.25, 0.3) is 0 Å². The van der Waals surface area contributed by atoms with Crippen molar-refractivity contribution in [2.24, 2.45) is 5.92 Å². The van der Waals surface area contributed by atoms with Crippen LogP contribution in [0.3, 0.4) is 0 Å². The van der Waals surface area contributed by atoms with E-state index in [1.165, 1.54) is 6.92 Å². The van der Waals surface area contributed by atoms with Crippen LogP contribution in [0.15, 0.2) is 12.2 Å². The number of hydrogen-bond donors (Lipinski definition) is 0. The minimum absolute atomic E-state index is 0.0159. The van der Waals surface area contributed by atoms with Gasteiger partial charge in [0.2, 0.25) is 0 Å². The van der Waals surface area contributed by atoms with Gasteiger partial charge in [-0.05, 0) is 0 Å². The normalized spacial score (nSPS) is 36.9. The number of carbonyl (C=O) groups is 2. The second kappa shape index (κ2) is 3.76. The molecule has 2 rings (SSSR count). The maximum atomic E-state index is 11.9. The first kappa shape index (κ1) is 10.9. The van der Waals surface area contributed by atoms with Gasteiger partial charge in [0.05, 0.1) is 0 Å². The van der Waals surface area contributed by atoms with E-state index in [0.717, 1.165) is 6.42 Å². The van der Waals surface area contributed by atoms with Gasteiger partial charge in [-0.3, -0.25) is 0 Å². The van der Waals surface area contributed by atoms with E-state index in [4.69, 9.17) is 4.74 Å². The van der Waals surface area contributed by atoms with Gasteiger partial charge in [0.1, 0.15) is 0 Å². The molecule has 0 radical (unpaired) electrons. The standard InChI is InChI=1S/C11H14O3Se/c1-3-14-10(13)11(7(2)12)8-4-5-9(6-8)15-11/h4-5,8-9H,3,6H2,1-2H3/t8-,9+,11+/m0/s1. The third-order valence-corrected chi connectivity index (χ3v) is 6.74. The van der Waals surface area contributed by atoms with Crippen molar-refractivity contribution in [1.29, 1.82) is 0 Å². The minimum atomic E-state index is -0.803. The molecule has 2 bridgehead atoms. The van der Waals surface area contributed by atoms with E-state index in [9.17, 15) is 9.59 Å². The van der Waals surface area contributed by atoms with Crippen molar-refractivity contribution in [2.45, 2.75) is 29.4 Å². The summed E-state index contributed by atoms with van der Waals surface area (Å²) in [5, 5.41) is 0. The number of ketones is 1. The summed E-state index contributed by atoms with van der Waals surface area (Å²) in [6.07, 6.45) is 5.12. The zero-order valence-corrected chi connectivity index (χ0v) is 10.6. The first-order valence-corrected chi connectivity index (χ1v) is 7.00. The summed E-state index contributed by atoms with van der Waals surface area (Å²) in [6.45, 7) is 3.65. The fourth-order valence-corrected chi connectivity index (χ4v) is 5.71. The van der Waals surface area contributed by atoms with E-state index in [-0.39, 0.29) is 32.6 Å². The number of carbonyl (C=O) groups excluding carboxylic acids is 2. The van der Waals surface area contributed by atoms with Crippen LogP contribution in [-0.4, -0.2) is 33.3 Å². The Hall–Kier alpha value is -0.601. The molecule has 0 amide bonds. The summed E-state index contributed by atoms with van der Waals surface area (Å²) < 4.78 is 4.26. The summed E-state index contributed by atoms with van der Waals surface area (Å²) >= 11 is 0.0322. The molecule has 3 nitrogen and oxygen atoms in total. The van der Waals surface area contributed by atoms with E-state index in [2.05, 4.69) is 6.08 Å². The Labute approximate surface area is 95.4 Å². The van der Waals surface area contributed by atoms with Crippen LogP contribution in [0.5, 0.6) is 0 Å². The Morgan fingerprint density at radius 2 is 2.27 bits per heavy atom. The molecule has 1 saturated heterocycles. The van der Waals surface area contributed by atoms with Crippen molar-refractivity contribution in [3.63, 3.8) is 0 Å². The molecule has 0 aromatic rings. The van der Waals surface area contributed by atoms with Gasteiger partial charge in [0, 0.05) is 0 Å². The number of ether oxygens (including phenoxy) is 1. The first-order chi connectivity index (χ1) is 7.11. The van der Waals surface area contributed by atoms with Gasteiger partial charge in [-0.1, -0.05) is 0 Å². The molecule has 0 aromatic carbocycles. The van der Waals surface area contributed by atoms with Gasteiger partial charge in [-0.2, -0.15) is 0 Å². The van der Waals surface area contributed by atoms with Crippen molar-refractivity contribution in [3.05, 3.63) is 12.2 Å². The van der Waals surface area contributed by atoms with Gasteiger partial charge in [-0.25, -0.2) is 0 Å². The molecule has 2 aliphatic rings. The third kappa shape index (κ3) is 1.47. The average Bonchev–Trinajstić information content (AvgIpc) is 2.77. The molecule has 0 saturated carbocycles. The van der Waals surface area contributed by atoms with Crippen LogP contribution >= 0.6 is 0 Å². The van der Waals surface area contributed by atoms with Gasteiger partial charge in [-0.15, -0.1) is 0 Å². The molecule has 0 spiro atoms. The van der Waals surface area contributed by atoms with Crippen LogP contribution < -0.4 is 0 Å². The molecule has 15 heavy (non-hydrogen) atoms. The van der Waals surface area contributed by atoms with Gasteiger partial charge in [0.25, 0.3) is 0 Å². The molecular weight excluding hydrogens is 259 g/mol. The topological polar surface area (TPSA) is 43.4 Å². The number of allylic oxidation sites excluding steroid dienone is 2. The summed E-state index contributed by atoms with van der Waals surface area (Å²) in [7, 11) is 0. The van der Waals surface area contributed by atoms with Crippen molar-refractivity contribution in [1.82, 2.24) is 0 Å². The second-order valence-electron chi connectivity index (χ2n) is 3.90. The quantitative estimate of drug-likeness (QED) is 0.338. The molecule has 1 aliphatic carbocycles. The third-order valence-electron chi connectivity index (χ3n) is 3.01. The van der Waals surface area contributed by atoms with Gasteiger partial charge >= 0.3 is 95.1 Å². The molecule has 1 fully saturated rings. The van der Waals surface area contributed by atoms with Crippen LogP contribution in [-0.2, 0) is 14.3 Å². The monoisotopic (exact) mass is 274 g/mol. The molecule has 3 atom stereocenters. The first-order valence-electron chi connectivity index (χ1n) is 5.15. The summed E-state index contributed by atoms with van der Waals surface area (Å²) in [5.74, 6) is -0.216. The van der Waals surface area contributed by atoms with E-state index in [1.54, 1.807) is 6.92 Å². The molecule has 0 aromatic heterocycles. The Bertz CT molecular complexity index is 337. The van der Waals surface area contributed by atoms with Crippen molar-refractivity contribution >= 4 is 26.7 Å². The number of esters is 1. The van der Waals surface area contributed by atoms with Crippen molar-refractivity contribution < 1.29 is 14.3 Å². The van der Waals surface area contributed by atoms with E-state index in [1.807, 2.05) is 6.08 Å². The van der Waals surface area contributed by atoms with Crippen molar-refractivity contribution in [3.8, 4) is 0 Å². The van der Waals surface area contributed by atoms with Crippen LogP contribution in [0, 0.1) is 5.92 Å². The average molecular weight is 273 g/mol. The number of rotatable bonds is 3. The van der Waals surface area contributed by atoms with Crippen LogP contribution in [0.4, 0.5) is 0 Å². The van der Waals surface area contributed by atoms with Crippen molar-refractivity contribution in [2.75, 3.05) is 6.61 Å². The fourth-order valence-electron chi connectivity index (χ4n) is 2.31. The molecule has 0 N–H and O–H groups in total. The molecule has 1 heterocycles. The van der Waals surface area contributed by atoms with Crippen LogP contribution in [0.1, 0.15) is 20.3 Å². The second-order valence-corrected chi connectivity index (χ2v) is 7.01. The predicted octanol–water partition coefficient (Wildman–Crippen LogP) is 1.38. The molecular formula is C11H14O3Se. The Kier molecular flexibility index (Phi) is 2.73. The SMILES string of the molecule is CCOC(=O)[C@]1(C(C)=O)[Se][C@@H]2C=C[C@H]1C2. The fraction of sp³-hybridized carbons (Fsp3) is 0.636. The van der Waals surface area contributed by atoms with Crippen LogP contribution in [0.2, 0.25) is 9.13 Å².